The molecule has 7 rings (SSSR count). The van der Waals surface area contributed by atoms with Crippen molar-refractivity contribution >= 4 is 38.3 Å². The maximum atomic E-state index is 16.4. The maximum absolute atomic E-state index is 16.4. The van der Waals surface area contributed by atoms with Crippen LogP contribution in [0.2, 0.25) is 0 Å². The van der Waals surface area contributed by atoms with Gasteiger partial charge in [-0.15, -0.1) is 0 Å². The van der Waals surface area contributed by atoms with Crippen LogP contribution in [0.1, 0.15) is 23.2 Å². The standard InChI is InChI=1S/C41H35F2N7O5S/c1-25-17-19-44-41(48-25)55-31-21-33(42)38(34(43)22-31)50-37(26(2)36-39(50)40(47-24-46-36)45-23-27-9-15-30(54-3)16-10-27)28-11-13-29(14-12-28)49-35(51)18-20-56(52,53)32-7-5-4-6-8-32/h4-17,19,21-22,24H,18,20,23H2,1-3H3,(H,49,51)(H,45,46,47). The number of carbonyl (C=O) groups is 1. The number of amides is 1. The van der Waals surface area contributed by atoms with Crippen LogP contribution in [0.3, 0.4) is 0 Å². The van der Waals surface area contributed by atoms with Crippen LogP contribution < -0.4 is 20.1 Å². The third kappa shape index (κ3) is 8.03. The van der Waals surface area contributed by atoms with Gasteiger partial charge in [-0.25, -0.2) is 37.1 Å². The van der Waals surface area contributed by atoms with Crippen LogP contribution in [0, 0.1) is 25.5 Å². The van der Waals surface area contributed by atoms with Gasteiger partial charge in [0.15, 0.2) is 27.3 Å². The van der Waals surface area contributed by atoms with E-state index < -0.39 is 33.1 Å². The largest absolute Gasteiger partial charge is 0.497 e. The van der Waals surface area contributed by atoms with Gasteiger partial charge < -0.3 is 20.1 Å². The molecule has 3 heterocycles. The molecule has 3 aromatic heterocycles. The quantitative estimate of drug-likeness (QED) is 0.118. The number of nitrogens with one attached hydrogen (secondary N) is 2. The van der Waals surface area contributed by atoms with Gasteiger partial charge in [0.2, 0.25) is 5.91 Å². The molecule has 0 atom stereocenters. The Balaban J connectivity index is 1.25. The van der Waals surface area contributed by atoms with E-state index in [0.717, 1.165) is 17.7 Å². The number of halogens is 2. The number of rotatable bonds is 13. The minimum atomic E-state index is -3.65. The highest BCUT2D eigenvalue weighted by atomic mass is 32.2. The van der Waals surface area contributed by atoms with E-state index in [0.29, 0.717) is 57.3 Å². The second kappa shape index (κ2) is 15.9. The van der Waals surface area contributed by atoms with Crippen LogP contribution in [0.5, 0.6) is 17.5 Å². The average Bonchev–Trinajstić information content (AvgIpc) is 3.48. The zero-order valence-electron chi connectivity index (χ0n) is 30.5. The highest BCUT2D eigenvalue weighted by Crippen LogP contribution is 2.40. The predicted molar refractivity (Wildman–Crippen MR) is 208 cm³/mol. The molecular weight excluding hydrogens is 741 g/mol. The number of anilines is 2. The first-order valence-electron chi connectivity index (χ1n) is 17.4. The maximum Gasteiger partial charge on any atom is 0.322 e. The van der Waals surface area contributed by atoms with E-state index >= 15 is 8.78 Å². The lowest BCUT2D eigenvalue weighted by Crippen LogP contribution is -2.17. The number of aryl methyl sites for hydroxylation is 2. The molecule has 15 heteroatoms. The number of sulfone groups is 1. The molecule has 12 nitrogen and oxygen atoms in total. The number of hydrogen-bond donors (Lipinski definition) is 2. The average molecular weight is 776 g/mol. The number of carbonyl (C=O) groups excluding carboxylic acids is 1. The van der Waals surface area contributed by atoms with Gasteiger partial charge in [0, 0.05) is 48.2 Å². The van der Waals surface area contributed by atoms with Crippen LogP contribution in [0.4, 0.5) is 20.3 Å². The topological polar surface area (TPSA) is 150 Å². The van der Waals surface area contributed by atoms with Crippen molar-refractivity contribution in [3.63, 3.8) is 0 Å². The number of nitrogens with zero attached hydrogens (tertiary/aromatic N) is 5. The summed E-state index contributed by atoms with van der Waals surface area (Å²) in [5.41, 5.74) is 3.82. The molecule has 4 aromatic carbocycles. The van der Waals surface area contributed by atoms with Crippen LogP contribution in [0.15, 0.2) is 114 Å². The third-order valence-corrected chi connectivity index (χ3v) is 10.7. The minimum absolute atomic E-state index is 0.0667. The lowest BCUT2D eigenvalue weighted by atomic mass is 10.1. The molecule has 0 fully saturated rings. The van der Waals surface area contributed by atoms with Gasteiger partial charge in [-0.3, -0.25) is 9.36 Å². The Kier molecular flexibility index (Phi) is 10.7. The summed E-state index contributed by atoms with van der Waals surface area (Å²) in [5, 5.41) is 6.04. The van der Waals surface area contributed by atoms with Gasteiger partial charge in [0.25, 0.3) is 0 Å². The van der Waals surface area contributed by atoms with Crippen LogP contribution in [0.25, 0.3) is 28.0 Å². The van der Waals surface area contributed by atoms with E-state index in [1.807, 2.05) is 24.3 Å². The van der Waals surface area contributed by atoms with Gasteiger partial charge in [-0.1, -0.05) is 42.5 Å². The number of fused-ring (bicyclic) bond motifs is 1. The zero-order chi connectivity index (χ0) is 39.4. The zero-order valence-corrected chi connectivity index (χ0v) is 31.3. The van der Waals surface area contributed by atoms with E-state index in [-0.39, 0.29) is 28.8 Å². The van der Waals surface area contributed by atoms with Crippen LogP contribution >= 0.6 is 0 Å². The smallest absolute Gasteiger partial charge is 0.322 e. The fraction of sp³-hybridized carbons (Fsp3) is 0.146. The lowest BCUT2D eigenvalue weighted by Gasteiger charge is -2.17. The molecule has 56 heavy (non-hydrogen) atoms. The van der Waals surface area contributed by atoms with E-state index in [1.54, 1.807) is 69.5 Å². The van der Waals surface area contributed by atoms with E-state index in [1.165, 1.54) is 29.2 Å². The number of benzene rings is 4. The second-order valence-electron chi connectivity index (χ2n) is 12.8. The van der Waals surface area contributed by atoms with E-state index in [9.17, 15) is 13.2 Å². The van der Waals surface area contributed by atoms with Gasteiger partial charge in [-0.2, -0.15) is 0 Å². The molecule has 0 aliphatic rings. The molecular formula is C41H35F2N7O5S. The summed E-state index contributed by atoms with van der Waals surface area (Å²) < 4.78 is 70.5. The SMILES string of the molecule is COc1ccc(CNc2ncnc3c(C)c(-c4ccc(NC(=O)CCS(=O)(=O)c5ccccc5)cc4)n(-c4c(F)cc(Oc5nccc(C)n5)cc4F)c23)cc1. The Hall–Kier alpha value is -6.74. The Morgan fingerprint density at radius 2 is 1.57 bits per heavy atom. The van der Waals surface area contributed by atoms with Crippen molar-refractivity contribution in [3.05, 3.63) is 138 Å². The van der Waals surface area contributed by atoms with Crippen molar-refractivity contribution < 1.29 is 31.5 Å². The molecule has 7 aromatic rings. The fourth-order valence-corrected chi connectivity index (χ4v) is 7.45. The summed E-state index contributed by atoms with van der Waals surface area (Å²) in [4.78, 5) is 30.2. The van der Waals surface area contributed by atoms with Gasteiger partial charge in [-0.05, 0) is 67.4 Å². The first-order chi connectivity index (χ1) is 27.0. The minimum Gasteiger partial charge on any atom is -0.497 e. The monoisotopic (exact) mass is 775 g/mol. The number of ether oxygens (including phenoxy) is 2. The molecule has 0 saturated heterocycles. The van der Waals surface area contributed by atoms with E-state index in [2.05, 4.69) is 30.6 Å². The van der Waals surface area contributed by atoms with Crippen molar-refractivity contribution in [1.29, 1.82) is 0 Å². The second-order valence-corrected chi connectivity index (χ2v) is 14.9. The van der Waals surface area contributed by atoms with Gasteiger partial charge in [0.1, 0.15) is 29.0 Å². The molecule has 284 valence electrons. The first kappa shape index (κ1) is 37.6. The molecule has 0 spiro atoms. The van der Waals surface area contributed by atoms with Gasteiger partial charge in [0.05, 0.1) is 29.0 Å². The van der Waals surface area contributed by atoms with Crippen molar-refractivity contribution in [1.82, 2.24) is 24.5 Å². The molecule has 0 saturated carbocycles. The molecule has 0 aliphatic heterocycles. The Morgan fingerprint density at radius 3 is 2.25 bits per heavy atom. The Labute approximate surface area is 321 Å². The molecule has 0 radical (unpaired) electrons. The molecule has 0 aliphatic carbocycles. The normalized spacial score (nSPS) is 11.4. The van der Waals surface area contributed by atoms with Crippen LogP contribution in [-0.4, -0.2) is 51.7 Å². The van der Waals surface area contributed by atoms with Crippen LogP contribution in [-0.2, 0) is 21.2 Å². The highest BCUT2D eigenvalue weighted by molar-refractivity contribution is 7.91. The summed E-state index contributed by atoms with van der Waals surface area (Å²) in [6.07, 6.45) is 2.60. The Bertz CT molecular complexity index is 2630. The third-order valence-electron chi connectivity index (χ3n) is 8.94. The highest BCUT2D eigenvalue weighted by Gasteiger charge is 2.27. The number of methoxy groups -OCH3 is 1. The fourth-order valence-electron chi connectivity index (χ4n) is 6.19. The van der Waals surface area contributed by atoms with Crippen molar-refractivity contribution in [2.75, 3.05) is 23.5 Å². The summed E-state index contributed by atoms with van der Waals surface area (Å²) >= 11 is 0. The summed E-state index contributed by atoms with van der Waals surface area (Å²) in [5.74, 6) is -1.87. The summed E-state index contributed by atoms with van der Waals surface area (Å²) in [6.45, 7) is 3.85. The number of hydrogen-bond acceptors (Lipinski definition) is 10. The molecule has 0 bridgehead atoms. The summed E-state index contributed by atoms with van der Waals surface area (Å²) in [6, 6.07) is 25.7. The first-order valence-corrected chi connectivity index (χ1v) is 19.0. The van der Waals surface area contributed by atoms with Crippen molar-refractivity contribution in [2.45, 2.75) is 31.7 Å². The van der Waals surface area contributed by atoms with E-state index in [4.69, 9.17) is 9.47 Å². The number of aromatic nitrogens is 5. The van der Waals surface area contributed by atoms with Gasteiger partial charge >= 0.3 is 6.01 Å². The predicted octanol–water partition coefficient (Wildman–Crippen LogP) is 7.99. The summed E-state index contributed by atoms with van der Waals surface area (Å²) in [7, 11) is -2.07. The van der Waals surface area contributed by atoms with Crippen molar-refractivity contribution in [3.8, 4) is 34.5 Å². The molecule has 1 amide bonds. The molecule has 0 unspecified atom stereocenters. The van der Waals surface area contributed by atoms with Crippen molar-refractivity contribution in [2.24, 2.45) is 0 Å². The Morgan fingerprint density at radius 1 is 0.857 bits per heavy atom. The molecule has 2 N–H and O–H groups in total. The lowest BCUT2D eigenvalue weighted by molar-refractivity contribution is -0.115.